The number of nitrogens with one attached hydrogen (secondary N) is 1. The van der Waals surface area contributed by atoms with Crippen molar-refractivity contribution in [1.82, 2.24) is 5.32 Å². The smallest absolute Gasteiger partial charge is 0.335 e. The molecule has 2 N–H and O–H groups in total. The predicted molar refractivity (Wildman–Crippen MR) is 136 cm³/mol. The van der Waals surface area contributed by atoms with E-state index in [0.29, 0.717) is 29.8 Å². The number of fused-ring (bicyclic) bond motifs is 2. The van der Waals surface area contributed by atoms with Crippen LogP contribution in [0.2, 0.25) is 0 Å². The molecule has 0 bridgehead atoms. The van der Waals surface area contributed by atoms with Crippen molar-refractivity contribution >= 4 is 16.7 Å². The first-order chi connectivity index (χ1) is 16.9. The maximum Gasteiger partial charge on any atom is 0.335 e. The van der Waals surface area contributed by atoms with Crippen molar-refractivity contribution in [2.24, 2.45) is 0 Å². The van der Waals surface area contributed by atoms with Gasteiger partial charge in [-0.2, -0.15) is 0 Å². The Balaban J connectivity index is 1.43. The average molecular weight is 470 g/mol. The SMILES string of the molecule is Cc1c(C(=O)O)ccc(F)c1[C@H]1C[C@H](CNC(C)c2cccc3ccccc23)Oc2ccccc21. The third-order valence-corrected chi connectivity index (χ3v) is 7.07. The van der Waals surface area contributed by atoms with E-state index in [0.717, 1.165) is 5.56 Å². The Labute approximate surface area is 204 Å². The molecule has 35 heavy (non-hydrogen) atoms. The van der Waals surface area contributed by atoms with Gasteiger partial charge >= 0.3 is 5.97 Å². The molecule has 4 nitrogen and oxygen atoms in total. The van der Waals surface area contributed by atoms with Crippen LogP contribution in [0.5, 0.6) is 5.75 Å². The van der Waals surface area contributed by atoms with Crippen molar-refractivity contribution < 1.29 is 19.0 Å². The van der Waals surface area contributed by atoms with Gasteiger partial charge < -0.3 is 15.2 Å². The summed E-state index contributed by atoms with van der Waals surface area (Å²) in [6.07, 6.45) is 0.354. The fourth-order valence-electron chi connectivity index (χ4n) is 5.29. The second-order valence-electron chi connectivity index (χ2n) is 9.20. The Morgan fingerprint density at radius 1 is 1.06 bits per heavy atom. The normalized spacial score (nSPS) is 18.0. The highest BCUT2D eigenvalue weighted by Crippen LogP contribution is 2.43. The molecule has 1 unspecified atom stereocenters. The average Bonchev–Trinajstić information content (AvgIpc) is 2.86. The van der Waals surface area contributed by atoms with Gasteiger partial charge in [0.1, 0.15) is 17.7 Å². The fourth-order valence-corrected chi connectivity index (χ4v) is 5.29. The van der Waals surface area contributed by atoms with Gasteiger partial charge in [0.25, 0.3) is 0 Å². The number of aromatic carboxylic acids is 1. The zero-order chi connectivity index (χ0) is 24.5. The summed E-state index contributed by atoms with van der Waals surface area (Å²) in [5, 5.41) is 15.6. The summed E-state index contributed by atoms with van der Waals surface area (Å²) in [6, 6.07) is 25.0. The van der Waals surface area contributed by atoms with Gasteiger partial charge in [-0.05, 0) is 65.9 Å². The van der Waals surface area contributed by atoms with Gasteiger partial charge in [0.05, 0.1) is 5.56 Å². The van der Waals surface area contributed by atoms with Gasteiger partial charge in [-0.15, -0.1) is 0 Å². The second-order valence-corrected chi connectivity index (χ2v) is 9.20. The molecule has 3 atom stereocenters. The lowest BCUT2D eigenvalue weighted by molar-refractivity contribution is 0.0696. The van der Waals surface area contributed by atoms with E-state index < -0.39 is 5.97 Å². The lowest BCUT2D eigenvalue weighted by atomic mass is 9.81. The summed E-state index contributed by atoms with van der Waals surface area (Å²) in [5.41, 5.74) is 3.13. The first kappa shape index (κ1) is 23.1. The summed E-state index contributed by atoms with van der Waals surface area (Å²) in [6.45, 7) is 4.40. The number of para-hydroxylation sites is 1. The highest BCUT2D eigenvalue weighted by molar-refractivity contribution is 5.90. The molecule has 0 aliphatic carbocycles. The number of rotatable bonds is 6. The minimum absolute atomic E-state index is 0.0918. The van der Waals surface area contributed by atoms with Crippen molar-refractivity contribution in [3.05, 3.63) is 112 Å². The molecule has 5 heteroatoms. The lowest BCUT2D eigenvalue weighted by Crippen LogP contribution is -2.37. The molecule has 4 aromatic carbocycles. The van der Waals surface area contributed by atoms with Crippen molar-refractivity contribution in [3.8, 4) is 5.75 Å². The van der Waals surface area contributed by atoms with Crippen molar-refractivity contribution in [2.75, 3.05) is 6.54 Å². The number of hydrogen-bond acceptors (Lipinski definition) is 3. The molecule has 0 fully saturated rings. The molecule has 0 spiro atoms. The highest BCUT2D eigenvalue weighted by Gasteiger charge is 2.33. The summed E-state index contributed by atoms with van der Waals surface area (Å²) in [5.74, 6) is -1.01. The van der Waals surface area contributed by atoms with Crippen LogP contribution in [0.4, 0.5) is 4.39 Å². The number of ether oxygens (including phenoxy) is 1. The topological polar surface area (TPSA) is 58.6 Å². The summed E-state index contributed by atoms with van der Waals surface area (Å²) >= 11 is 0. The zero-order valence-corrected chi connectivity index (χ0v) is 19.8. The maximum absolute atomic E-state index is 15.1. The monoisotopic (exact) mass is 469 g/mol. The summed E-state index contributed by atoms with van der Waals surface area (Å²) in [7, 11) is 0. The van der Waals surface area contributed by atoms with Crippen LogP contribution in [0, 0.1) is 12.7 Å². The number of carboxylic acids is 1. The van der Waals surface area contributed by atoms with Crippen LogP contribution in [-0.2, 0) is 0 Å². The van der Waals surface area contributed by atoms with Crippen LogP contribution < -0.4 is 10.1 Å². The van der Waals surface area contributed by atoms with Crippen LogP contribution in [0.25, 0.3) is 10.8 Å². The first-order valence-electron chi connectivity index (χ1n) is 11.9. The third kappa shape index (κ3) is 4.40. The van der Waals surface area contributed by atoms with Gasteiger partial charge in [0.15, 0.2) is 0 Å². The van der Waals surface area contributed by atoms with E-state index in [1.54, 1.807) is 6.92 Å². The molecule has 0 amide bonds. The predicted octanol–water partition coefficient (Wildman–Crippen LogP) is 6.62. The number of carbonyl (C=O) groups is 1. The molecule has 4 aromatic rings. The van der Waals surface area contributed by atoms with Crippen LogP contribution in [-0.4, -0.2) is 23.7 Å². The molecular weight excluding hydrogens is 441 g/mol. The molecule has 178 valence electrons. The van der Waals surface area contributed by atoms with Gasteiger partial charge in [-0.1, -0.05) is 60.7 Å². The number of carboxylic acid groups (broad SMARTS) is 1. The fraction of sp³-hybridized carbons (Fsp3) is 0.233. The van der Waals surface area contributed by atoms with E-state index in [1.807, 2.05) is 36.4 Å². The van der Waals surface area contributed by atoms with Gasteiger partial charge in [-0.3, -0.25) is 0 Å². The standard InChI is InChI=1S/C30H28FNO3/c1-18-22(30(33)34)14-15-27(31)29(18)26-16-21(35-28-13-6-5-11-25(26)28)17-32-19(2)23-12-7-9-20-8-3-4-10-24(20)23/h3-15,19,21,26,32H,16-17H2,1-2H3,(H,33,34)/t19?,21-,26+/m1/s1. The van der Waals surface area contributed by atoms with Gasteiger partial charge in [-0.25, -0.2) is 9.18 Å². The van der Waals surface area contributed by atoms with Crippen LogP contribution >= 0.6 is 0 Å². The van der Waals surface area contributed by atoms with E-state index >= 15 is 4.39 Å². The molecule has 1 aliphatic heterocycles. The van der Waals surface area contributed by atoms with Crippen molar-refractivity contribution in [3.63, 3.8) is 0 Å². The first-order valence-corrected chi connectivity index (χ1v) is 11.9. The van der Waals surface area contributed by atoms with E-state index in [-0.39, 0.29) is 29.4 Å². The number of hydrogen-bond donors (Lipinski definition) is 2. The summed E-state index contributed by atoms with van der Waals surface area (Å²) < 4.78 is 21.4. The Hall–Kier alpha value is -3.70. The Morgan fingerprint density at radius 2 is 1.80 bits per heavy atom. The zero-order valence-electron chi connectivity index (χ0n) is 19.8. The lowest BCUT2D eigenvalue weighted by Gasteiger charge is -2.34. The molecule has 5 rings (SSSR count). The molecule has 1 heterocycles. The largest absolute Gasteiger partial charge is 0.489 e. The second kappa shape index (κ2) is 9.51. The number of halogens is 1. The van der Waals surface area contributed by atoms with E-state index in [9.17, 15) is 9.90 Å². The van der Waals surface area contributed by atoms with E-state index in [2.05, 4.69) is 42.6 Å². The Kier molecular flexibility index (Phi) is 6.27. The molecule has 0 radical (unpaired) electrons. The Morgan fingerprint density at radius 3 is 2.63 bits per heavy atom. The Bertz CT molecular complexity index is 1390. The van der Waals surface area contributed by atoms with Crippen LogP contribution in [0.3, 0.4) is 0 Å². The highest BCUT2D eigenvalue weighted by atomic mass is 19.1. The third-order valence-electron chi connectivity index (χ3n) is 7.07. The van der Waals surface area contributed by atoms with Gasteiger partial charge in [0.2, 0.25) is 0 Å². The minimum Gasteiger partial charge on any atom is -0.489 e. The van der Waals surface area contributed by atoms with Gasteiger partial charge in [0, 0.05) is 24.1 Å². The molecule has 0 aromatic heterocycles. The maximum atomic E-state index is 15.1. The molecule has 1 aliphatic rings. The molecule has 0 saturated heterocycles. The summed E-state index contributed by atoms with van der Waals surface area (Å²) in [4.78, 5) is 11.7. The minimum atomic E-state index is -1.05. The molecule has 0 saturated carbocycles. The van der Waals surface area contributed by atoms with E-state index in [4.69, 9.17) is 4.74 Å². The van der Waals surface area contributed by atoms with Crippen molar-refractivity contribution in [1.29, 1.82) is 0 Å². The van der Waals surface area contributed by atoms with Crippen LogP contribution in [0.15, 0.2) is 78.9 Å². The molecular formula is C30H28FNO3. The quantitative estimate of drug-likeness (QED) is 0.333. The van der Waals surface area contributed by atoms with Crippen molar-refractivity contribution in [2.45, 2.75) is 38.3 Å². The van der Waals surface area contributed by atoms with Crippen LogP contribution in [0.1, 0.15) is 57.9 Å². The number of benzene rings is 4. The van der Waals surface area contributed by atoms with E-state index in [1.165, 1.54) is 28.5 Å².